The van der Waals surface area contributed by atoms with Crippen molar-refractivity contribution in [3.05, 3.63) is 53.6 Å². The summed E-state index contributed by atoms with van der Waals surface area (Å²) in [4.78, 5) is 14.2. The zero-order chi connectivity index (χ0) is 16.7. The molecule has 1 aromatic heterocycles. The molecule has 2 saturated heterocycles. The third-order valence-electron chi connectivity index (χ3n) is 4.93. The molecular formula is C18H20FN3O2. The molecule has 6 heteroatoms. The number of hydrogen-bond acceptors (Lipinski definition) is 3. The molecule has 0 unspecified atom stereocenters. The second kappa shape index (κ2) is 5.70. The van der Waals surface area contributed by atoms with Crippen LogP contribution in [0.25, 0.3) is 0 Å². The van der Waals surface area contributed by atoms with E-state index < -0.39 is 0 Å². The van der Waals surface area contributed by atoms with Crippen LogP contribution < -0.4 is 0 Å². The van der Waals surface area contributed by atoms with Crippen molar-refractivity contribution in [1.29, 1.82) is 0 Å². The summed E-state index contributed by atoms with van der Waals surface area (Å²) in [5.41, 5.74) is 1.65. The van der Waals surface area contributed by atoms with Crippen LogP contribution in [0.15, 0.2) is 36.7 Å². The highest BCUT2D eigenvalue weighted by Crippen LogP contribution is 2.42. The van der Waals surface area contributed by atoms with E-state index >= 15 is 0 Å². The highest BCUT2D eigenvalue weighted by molar-refractivity contribution is 5.94. The standard InChI is InChI=1S/C18H20FN3O2/c1-21-9-14(8-20-21)17(23)22-10-18(11-22)7-16(24-12-18)6-13-3-2-4-15(19)5-13/h2-5,8-9,16H,6-7,10-12H2,1H3/t16-/m0/s1. The van der Waals surface area contributed by atoms with Crippen molar-refractivity contribution in [2.45, 2.75) is 18.9 Å². The molecule has 126 valence electrons. The predicted molar refractivity (Wildman–Crippen MR) is 86.0 cm³/mol. The van der Waals surface area contributed by atoms with Crippen LogP contribution in [0, 0.1) is 11.2 Å². The molecule has 0 radical (unpaired) electrons. The van der Waals surface area contributed by atoms with Crippen molar-refractivity contribution in [3.63, 3.8) is 0 Å². The van der Waals surface area contributed by atoms with Crippen LogP contribution >= 0.6 is 0 Å². The number of carbonyl (C=O) groups excluding carboxylic acids is 1. The smallest absolute Gasteiger partial charge is 0.257 e. The molecule has 0 N–H and O–H groups in total. The van der Waals surface area contributed by atoms with Crippen LogP contribution in [-0.4, -0.2) is 46.4 Å². The van der Waals surface area contributed by atoms with Crippen LogP contribution in [0.5, 0.6) is 0 Å². The van der Waals surface area contributed by atoms with Gasteiger partial charge in [-0.05, 0) is 30.5 Å². The second-order valence-corrected chi connectivity index (χ2v) is 7.04. The lowest BCUT2D eigenvalue weighted by atomic mass is 9.77. The normalized spacial score (nSPS) is 21.9. The number of aromatic nitrogens is 2. The first-order valence-corrected chi connectivity index (χ1v) is 8.17. The van der Waals surface area contributed by atoms with E-state index in [1.807, 2.05) is 11.0 Å². The second-order valence-electron chi connectivity index (χ2n) is 7.04. The van der Waals surface area contributed by atoms with Gasteiger partial charge in [-0.2, -0.15) is 5.10 Å². The molecule has 2 aromatic rings. The van der Waals surface area contributed by atoms with Gasteiger partial charge in [0.25, 0.3) is 5.91 Å². The van der Waals surface area contributed by atoms with Gasteiger partial charge in [-0.15, -0.1) is 0 Å². The fourth-order valence-corrected chi connectivity index (χ4v) is 3.80. The minimum Gasteiger partial charge on any atom is -0.377 e. The van der Waals surface area contributed by atoms with Crippen LogP contribution in [0.2, 0.25) is 0 Å². The molecule has 4 rings (SSSR count). The Balaban J connectivity index is 1.34. The summed E-state index contributed by atoms with van der Waals surface area (Å²) in [6.07, 6.45) is 5.08. The third kappa shape index (κ3) is 2.82. The maximum atomic E-state index is 13.3. The molecule has 1 spiro atoms. The molecule has 3 heterocycles. The summed E-state index contributed by atoms with van der Waals surface area (Å²) in [5, 5.41) is 4.05. The van der Waals surface area contributed by atoms with Gasteiger partial charge in [0.2, 0.25) is 0 Å². The van der Waals surface area contributed by atoms with E-state index in [2.05, 4.69) is 5.10 Å². The van der Waals surface area contributed by atoms with Gasteiger partial charge in [0, 0.05) is 31.7 Å². The SMILES string of the molecule is Cn1cc(C(=O)N2CC3(CO[C@@H](Cc4cccc(F)c4)C3)C2)cn1. The Labute approximate surface area is 140 Å². The van der Waals surface area contributed by atoms with Crippen molar-refractivity contribution in [2.24, 2.45) is 12.5 Å². The van der Waals surface area contributed by atoms with Gasteiger partial charge >= 0.3 is 0 Å². The number of ether oxygens (including phenoxy) is 1. The van der Waals surface area contributed by atoms with Gasteiger partial charge in [0.05, 0.1) is 24.5 Å². The van der Waals surface area contributed by atoms with Crippen molar-refractivity contribution in [2.75, 3.05) is 19.7 Å². The van der Waals surface area contributed by atoms with E-state index in [1.54, 1.807) is 36.3 Å². The number of amides is 1. The maximum absolute atomic E-state index is 13.3. The highest BCUT2D eigenvalue weighted by Gasteiger charge is 2.50. The largest absolute Gasteiger partial charge is 0.377 e. The van der Waals surface area contributed by atoms with E-state index in [0.717, 1.165) is 31.5 Å². The molecule has 5 nitrogen and oxygen atoms in total. The third-order valence-corrected chi connectivity index (χ3v) is 4.93. The first-order chi connectivity index (χ1) is 11.5. The molecule has 2 aliphatic heterocycles. The fourth-order valence-electron chi connectivity index (χ4n) is 3.80. The quantitative estimate of drug-likeness (QED) is 0.866. The van der Waals surface area contributed by atoms with Gasteiger partial charge in [-0.25, -0.2) is 4.39 Å². The Morgan fingerprint density at radius 3 is 3.00 bits per heavy atom. The van der Waals surface area contributed by atoms with Crippen molar-refractivity contribution >= 4 is 5.91 Å². The molecule has 24 heavy (non-hydrogen) atoms. The van der Waals surface area contributed by atoms with Crippen molar-refractivity contribution in [3.8, 4) is 0 Å². The Morgan fingerprint density at radius 1 is 1.46 bits per heavy atom. The lowest BCUT2D eigenvalue weighted by Gasteiger charge is -2.47. The molecule has 1 amide bonds. The summed E-state index contributed by atoms with van der Waals surface area (Å²) in [5.74, 6) is -0.181. The summed E-state index contributed by atoms with van der Waals surface area (Å²) >= 11 is 0. The molecule has 0 saturated carbocycles. The fraction of sp³-hybridized carbons (Fsp3) is 0.444. The number of carbonyl (C=O) groups is 1. The molecule has 1 atom stereocenters. The Morgan fingerprint density at radius 2 is 2.29 bits per heavy atom. The molecule has 2 fully saturated rings. The van der Waals surface area contributed by atoms with Crippen molar-refractivity contribution < 1.29 is 13.9 Å². The molecule has 0 aliphatic carbocycles. The summed E-state index contributed by atoms with van der Waals surface area (Å²) in [7, 11) is 1.80. The molecule has 0 bridgehead atoms. The van der Waals surface area contributed by atoms with Crippen LogP contribution in [0.3, 0.4) is 0 Å². The molecule has 1 aromatic carbocycles. The van der Waals surface area contributed by atoms with E-state index in [9.17, 15) is 9.18 Å². The minimum absolute atomic E-state index is 0.0299. The Kier molecular flexibility index (Phi) is 3.64. The monoisotopic (exact) mass is 329 g/mol. The average molecular weight is 329 g/mol. The van der Waals surface area contributed by atoms with Crippen LogP contribution in [-0.2, 0) is 18.2 Å². The topological polar surface area (TPSA) is 47.4 Å². The lowest BCUT2D eigenvalue weighted by molar-refractivity contribution is -0.00134. The van der Waals surface area contributed by atoms with E-state index in [4.69, 9.17) is 4.74 Å². The number of likely N-dealkylation sites (tertiary alicyclic amines) is 1. The number of halogens is 1. The number of aryl methyl sites for hydroxylation is 1. The summed E-state index contributed by atoms with van der Waals surface area (Å²) in [6, 6.07) is 6.67. The lowest BCUT2D eigenvalue weighted by Crippen LogP contribution is -2.58. The van der Waals surface area contributed by atoms with E-state index in [1.165, 1.54) is 6.07 Å². The zero-order valence-corrected chi connectivity index (χ0v) is 13.6. The summed E-state index contributed by atoms with van der Waals surface area (Å²) in [6.45, 7) is 2.12. The van der Waals surface area contributed by atoms with Crippen LogP contribution in [0.1, 0.15) is 22.3 Å². The average Bonchev–Trinajstić information content (AvgIpc) is 3.12. The van der Waals surface area contributed by atoms with Gasteiger partial charge in [0.15, 0.2) is 0 Å². The first-order valence-electron chi connectivity index (χ1n) is 8.17. The predicted octanol–water partition coefficient (Wildman–Crippen LogP) is 2.03. The first kappa shape index (κ1) is 15.3. The number of nitrogens with zero attached hydrogens (tertiary/aromatic N) is 3. The van der Waals surface area contributed by atoms with Crippen LogP contribution in [0.4, 0.5) is 4.39 Å². The van der Waals surface area contributed by atoms with Crippen molar-refractivity contribution in [1.82, 2.24) is 14.7 Å². The van der Waals surface area contributed by atoms with Gasteiger partial charge < -0.3 is 9.64 Å². The zero-order valence-electron chi connectivity index (χ0n) is 13.6. The van der Waals surface area contributed by atoms with Gasteiger partial charge in [-0.3, -0.25) is 9.48 Å². The van der Waals surface area contributed by atoms with E-state index in [0.29, 0.717) is 12.2 Å². The minimum atomic E-state index is -0.211. The number of benzene rings is 1. The maximum Gasteiger partial charge on any atom is 0.257 e. The van der Waals surface area contributed by atoms with E-state index in [-0.39, 0.29) is 23.2 Å². The molecule has 2 aliphatic rings. The number of hydrogen-bond donors (Lipinski definition) is 0. The molecular weight excluding hydrogens is 309 g/mol. The van der Waals surface area contributed by atoms with Gasteiger partial charge in [0.1, 0.15) is 5.82 Å². The summed E-state index contributed by atoms with van der Waals surface area (Å²) < 4.78 is 20.8. The Bertz CT molecular complexity index is 767. The Hall–Kier alpha value is -2.21. The van der Waals surface area contributed by atoms with Gasteiger partial charge in [-0.1, -0.05) is 12.1 Å². The number of rotatable bonds is 3. The highest BCUT2D eigenvalue weighted by atomic mass is 19.1.